The number of nitrogens with zero attached hydrogens (tertiary/aromatic N) is 2. The molecular weight excluding hydrogens is 212 g/mol. The van der Waals surface area contributed by atoms with Gasteiger partial charge < -0.3 is 9.75 Å². The Morgan fingerprint density at radius 2 is 2.12 bits per heavy atom. The van der Waals surface area contributed by atoms with E-state index in [-0.39, 0.29) is 0 Å². The third kappa shape index (κ3) is 3.94. The zero-order valence-electron chi connectivity index (χ0n) is 10.8. The van der Waals surface area contributed by atoms with Gasteiger partial charge in [-0.05, 0) is 18.6 Å². The van der Waals surface area contributed by atoms with Gasteiger partial charge in [-0.1, -0.05) is 31.7 Å². The Balaban J connectivity index is 3.05. The Hall–Kier alpha value is -1.77. The molecule has 0 heterocycles. The van der Waals surface area contributed by atoms with E-state index >= 15 is 0 Å². The number of hydrogen-bond donors (Lipinski definition) is 0. The Labute approximate surface area is 103 Å². The molecular formula is C14H20N2O. The molecule has 92 valence electrons. The lowest BCUT2D eigenvalue weighted by Gasteiger charge is -2.13. The summed E-state index contributed by atoms with van der Waals surface area (Å²) in [5.74, 6) is 0.856. The van der Waals surface area contributed by atoms with Crippen LogP contribution in [0.1, 0.15) is 18.9 Å². The van der Waals surface area contributed by atoms with Gasteiger partial charge in [-0.25, -0.2) is 0 Å². The van der Waals surface area contributed by atoms with Crippen LogP contribution in [0.25, 0.3) is 0 Å². The predicted molar refractivity (Wildman–Crippen MR) is 72.6 cm³/mol. The lowest BCUT2D eigenvalue weighted by molar-refractivity contribution is 0.362. The quantitative estimate of drug-likeness (QED) is 0.428. The minimum absolute atomic E-state index is 0.510. The van der Waals surface area contributed by atoms with Gasteiger partial charge in [0.05, 0.1) is 5.71 Å². The molecule has 1 aromatic carbocycles. The minimum Gasteiger partial charge on any atom is -0.489 e. The molecule has 1 rings (SSSR count). The summed E-state index contributed by atoms with van der Waals surface area (Å²) < 4.78 is 5.63. The molecule has 0 N–H and O–H groups in total. The minimum atomic E-state index is 0.510. The van der Waals surface area contributed by atoms with Crippen molar-refractivity contribution in [2.45, 2.75) is 13.3 Å². The summed E-state index contributed by atoms with van der Waals surface area (Å²) >= 11 is 0. The number of rotatable bonds is 6. The maximum atomic E-state index is 5.63. The molecule has 1 aromatic rings. The molecule has 0 spiro atoms. The first-order valence-electron chi connectivity index (χ1n) is 5.77. The van der Waals surface area contributed by atoms with Crippen LogP contribution in [0.5, 0.6) is 5.75 Å². The van der Waals surface area contributed by atoms with Crippen molar-refractivity contribution in [3.8, 4) is 5.75 Å². The van der Waals surface area contributed by atoms with Gasteiger partial charge in [0, 0.05) is 19.7 Å². The van der Waals surface area contributed by atoms with E-state index in [9.17, 15) is 0 Å². The monoisotopic (exact) mass is 232 g/mol. The molecule has 0 atom stereocenters. The molecule has 0 aliphatic carbocycles. The van der Waals surface area contributed by atoms with E-state index in [0.717, 1.165) is 23.4 Å². The second kappa shape index (κ2) is 6.74. The molecule has 0 fully saturated rings. The lowest BCUT2D eigenvalue weighted by atomic mass is 10.1. The van der Waals surface area contributed by atoms with Crippen molar-refractivity contribution in [1.29, 1.82) is 0 Å². The van der Waals surface area contributed by atoms with Gasteiger partial charge in [-0.3, -0.25) is 0 Å². The first-order chi connectivity index (χ1) is 8.19. The molecule has 0 unspecified atom stereocenters. The third-order valence-corrected chi connectivity index (χ3v) is 2.21. The summed E-state index contributed by atoms with van der Waals surface area (Å²) in [4.78, 5) is 0. The molecule has 17 heavy (non-hydrogen) atoms. The zero-order chi connectivity index (χ0) is 12.7. The van der Waals surface area contributed by atoms with Crippen LogP contribution in [0.15, 0.2) is 42.0 Å². The van der Waals surface area contributed by atoms with Crippen LogP contribution in [0.3, 0.4) is 0 Å². The van der Waals surface area contributed by atoms with Crippen molar-refractivity contribution < 1.29 is 4.74 Å². The molecule has 3 heteroatoms. The Morgan fingerprint density at radius 1 is 1.41 bits per heavy atom. The zero-order valence-corrected chi connectivity index (χ0v) is 10.8. The van der Waals surface area contributed by atoms with E-state index < -0.39 is 0 Å². The number of hydrogen-bond acceptors (Lipinski definition) is 3. The van der Waals surface area contributed by atoms with Gasteiger partial charge in [0.2, 0.25) is 0 Å². The normalized spacial score (nSPS) is 11.1. The van der Waals surface area contributed by atoms with Crippen molar-refractivity contribution >= 4 is 5.71 Å². The van der Waals surface area contributed by atoms with Crippen molar-refractivity contribution in [3.05, 3.63) is 42.5 Å². The molecule has 0 aliphatic rings. The lowest BCUT2D eigenvalue weighted by Crippen LogP contribution is -2.11. The summed E-state index contributed by atoms with van der Waals surface area (Å²) in [6, 6.07) is 7.95. The van der Waals surface area contributed by atoms with Crippen LogP contribution in [-0.2, 0) is 0 Å². The maximum Gasteiger partial charge on any atom is 0.128 e. The van der Waals surface area contributed by atoms with Gasteiger partial charge >= 0.3 is 0 Å². The second-order valence-electron chi connectivity index (χ2n) is 3.84. The highest BCUT2D eigenvalue weighted by Gasteiger charge is 2.08. The molecule has 0 saturated carbocycles. The van der Waals surface area contributed by atoms with Crippen molar-refractivity contribution in [2.24, 2.45) is 5.10 Å². The van der Waals surface area contributed by atoms with Crippen LogP contribution >= 0.6 is 0 Å². The van der Waals surface area contributed by atoms with Crippen LogP contribution in [-0.4, -0.2) is 31.4 Å². The van der Waals surface area contributed by atoms with Gasteiger partial charge in [-0.2, -0.15) is 5.10 Å². The third-order valence-electron chi connectivity index (χ3n) is 2.21. The molecule has 0 amide bonds. The standard InChI is InChI=1S/C14H20N2O/c1-5-11-17-14-10-8-7-9-12(14)13(6-2)15-16(3)4/h5,7-10H,1,6,11H2,2-4H3. The highest BCUT2D eigenvalue weighted by molar-refractivity contribution is 6.02. The number of benzene rings is 1. The van der Waals surface area contributed by atoms with Crippen LogP contribution in [0.2, 0.25) is 0 Å². The maximum absolute atomic E-state index is 5.63. The first-order valence-corrected chi connectivity index (χ1v) is 5.77. The van der Waals surface area contributed by atoms with Crippen molar-refractivity contribution in [1.82, 2.24) is 5.01 Å². The smallest absolute Gasteiger partial charge is 0.128 e. The van der Waals surface area contributed by atoms with Gasteiger partial charge in [-0.15, -0.1) is 0 Å². The van der Waals surface area contributed by atoms with E-state index in [1.54, 1.807) is 6.08 Å². The van der Waals surface area contributed by atoms with Crippen molar-refractivity contribution in [3.63, 3.8) is 0 Å². The van der Waals surface area contributed by atoms with Gasteiger partial charge in [0.25, 0.3) is 0 Å². The second-order valence-corrected chi connectivity index (χ2v) is 3.84. The molecule has 0 saturated heterocycles. The summed E-state index contributed by atoms with van der Waals surface area (Å²) in [5.41, 5.74) is 2.07. The average Bonchev–Trinajstić information content (AvgIpc) is 2.33. The highest BCUT2D eigenvalue weighted by Crippen LogP contribution is 2.20. The largest absolute Gasteiger partial charge is 0.489 e. The fraction of sp³-hybridized carbons (Fsp3) is 0.357. The van der Waals surface area contributed by atoms with Crippen LogP contribution in [0.4, 0.5) is 0 Å². The molecule has 0 radical (unpaired) electrons. The van der Waals surface area contributed by atoms with E-state index in [1.807, 2.05) is 43.4 Å². The van der Waals surface area contributed by atoms with E-state index in [4.69, 9.17) is 4.74 Å². The Morgan fingerprint density at radius 3 is 2.71 bits per heavy atom. The van der Waals surface area contributed by atoms with Gasteiger partial charge in [0.15, 0.2) is 0 Å². The van der Waals surface area contributed by atoms with Crippen LogP contribution < -0.4 is 4.74 Å². The molecule has 0 bridgehead atoms. The van der Waals surface area contributed by atoms with Gasteiger partial charge in [0.1, 0.15) is 12.4 Å². The Kier molecular flexibility index (Phi) is 5.27. The SMILES string of the molecule is C=CCOc1ccccc1C(CC)=NN(C)C. The topological polar surface area (TPSA) is 24.8 Å². The highest BCUT2D eigenvalue weighted by atomic mass is 16.5. The van der Waals surface area contributed by atoms with E-state index in [0.29, 0.717) is 6.61 Å². The number of para-hydroxylation sites is 1. The van der Waals surface area contributed by atoms with E-state index in [1.165, 1.54) is 0 Å². The summed E-state index contributed by atoms with van der Waals surface area (Å²) in [6.45, 7) is 6.26. The fourth-order valence-electron chi connectivity index (χ4n) is 1.54. The van der Waals surface area contributed by atoms with E-state index in [2.05, 4.69) is 18.6 Å². The summed E-state index contributed by atoms with van der Waals surface area (Å²) in [6.07, 6.45) is 2.61. The average molecular weight is 232 g/mol. The Bertz CT molecular complexity index is 397. The predicted octanol–water partition coefficient (Wildman–Crippen LogP) is 2.93. The molecule has 3 nitrogen and oxygen atoms in total. The molecule has 0 aliphatic heterocycles. The van der Waals surface area contributed by atoms with Crippen LogP contribution in [0, 0.1) is 0 Å². The summed E-state index contributed by atoms with van der Waals surface area (Å²) in [5, 5.41) is 6.29. The summed E-state index contributed by atoms with van der Waals surface area (Å²) in [7, 11) is 3.84. The first kappa shape index (κ1) is 13.3. The van der Waals surface area contributed by atoms with Crippen molar-refractivity contribution in [2.75, 3.05) is 20.7 Å². The molecule has 0 aromatic heterocycles. The number of hydrazone groups is 1. The fourth-order valence-corrected chi connectivity index (χ4v) is 1.54. The number of ether oxygens (including phenoxy) is 1.